The highest BCUT2D eigenvalue weighted by Gasteiger charge is 2.02. The van der Waals surface area contributed by atoms with Gasteiger partial charge in [0.05, 0.1) is 0 Å². The summed E-state index contributed by atoms with van der Waals surface area (Å²) in [5.74, 6) is 5.79. The third kappa shape index (κ3) is 7.08. The zero-order chi connectivity index (χ0) is 8.69. The van der Waals surface area contributed by atoms with E-state index in [1.165, 1.54) is 0 Å². The molecule has 1 unspecified atom stereocenters. The standard InChI is InChI=1S/C9H15NO/c1-3-4-5-6-9(11)7-8(2)10/h8H,5-7,10H2,1-2H3. The summed E-state index contributed by atoms with van der Waals surface area (Å²) in [6.07, 6.45) is 1.69. The van der Waals surface area contributed by atoms with Crippen molar-refractivity contribution in [1.82, 2.24) is 0 Å². The van der Waals surface area contributed by atoms with Crippen LogP contribution in [0.15, 0.2) is 0 Å². The van der Waals surface area contributed by atoms with Crippen LogP contribution >= 0.6 is 0 Å². The maximum Gasteiger partial charge on any atom is 0.135 e. The highest BCUT2D eigenvalue weighted by atomic mass is 16.1. The van der Waals surface area contributed by atoms with E-state index in [0.29, 0.717) is 19.3 Å². The number of carbonyl (C=O) groups is 1. The first-order valence-corrected chi connectivity index (χ1v) is 3.83. The average molecular weight is 153 g/mol. The average Bonchev–Trinajstić information content (AvgIpc) is 1.86. The Balaban J connectivity index is 3.43. The monoisotopic (exact) mass is 153 g/mol. The number of carbonyl (C=O) groups excluding carboxylic acids is 1. The molecule has 0 aromatic carbocycles. The van der Waals surface area contributed by atoms with E-state index >= 15 is 0 Å². The predicted molar refractivity (Wildman–Crippen MR) is 46.0 cm³/mol. The van der Waals surface area contributed by atoms with Crippen molar-refractivity contribution < 1.29 is 4.79 Å². The molecule has 0 aliphatic heterocycles. The van der Waals surface area contributed by atoms with Crippen molar-refractivity contribution in [2.75, 3.05) is 0 Å². The Kier molecular flexibility index (Phi) is 5.50. The maximum atomic E-state index is 11.0. The highest BCUT2D eigenvalue weighted by molar-refractivity contribution is 5.79. The largest absolute Gasteiger partial charge is 0.328 e. The van der Waals surface area contributed by atoms with Gasteiger partial charge in [0.2, 0.25) is 0 Å². The molecule has 0 heterocycles. The van der Waals surface area contributed by atoms with Gasteiger partial charge in [-0.2, -0.15) is 0 Å². The summed E-state index contributed by atoms with van der Waals surface area (Å²) < 4.78 is 0. The van der Waals surface area contributed by atoms with Crippen molar-refractivity contribution in [1.29, 1.82) is 0 Å². The van der Waals surface area contributed by atoms with Crippen molar-refractivity contribution >= 4 is 5.78 Å². The second-order valence-electron chi connectivity index (χ2n) is 2.65. The van der Waals surface area contributed by atoms with Crippen LogP contribution in [-0.2, 0) is 4.79 Å². The van der Waals surface area contributed by atoms with Gasteiger partial charge in [-0.15, -0.1) is 11.8 Å². The molecule has 2 N–H and O–H groups in total. The molecule has 1 atom stereocenters. The number of rotatable bonds is 4. The molecule has 2 heteroatoms. The molecule has 62 valence electrons. The SMILES string of the molecule is CC#CCCC(=O)CC(C)N. The predicted octanol–water partition coefficient (Wildman–Crippen LogP) is 1.10. The van der Waals surface area contributed by atoms with Gasteiger partial charge in [0.25, 0.3) is 0 Å². The van der Waals surface area contributed by atoms with Crippen LogP contribution in [-0.4, -0.2) is 11.8 Å². The van der Waals surface area contributed by atoms with Gasteiger partial charge in [-0.25, -0.2) is 0 Å². The first-order chi connectivity index (χ1) is 5.16. The fourth-order valence-corrected chi connectivity index (χ4v) is 0.788. The van der Waals surface area contributed by atoms with Gasteiger partial charge in [-0.1, -0.05) is 0 Å². The minimum absolute atomic E-state index is 0.0166. The number of ketones is 1. The molecule has 0 aliphatic carbocycles. The first-order valence-electron chi connectivity index (χ1n) is 3.83. The van der Waals surface area contributed by atoms with E-state index < -0.39 is 0 Å². The molecule has 0 amide bonds. The van der Waals surface area contributed by atoms with Crippen LogP contribution in [0.4, 0.5) is 0 Å². The maximum absolute atomic E-state index is 11.0. The minimum Gasteiger partial charge on any atom is -0.328 e. The van der Waals surface area contributed by atoms with Gasteiger partial charge >= 0.3 is 0 Å². The van der Waals surface area contributed by atoms with Gasteiger partial charge < -0.3 is 5.73 Å². The van der Waals surface area contributed by atoms with Crippen LogP contribution in [0, 0.1) is 11.8 Å². The van der Waals surface area contributed by atoms with Gasteiger partial charge in [-0.05, 0) is 13.8 Å². The molecule has 0 bridgehead atoms. The molecular formula is C9H15NO. The smallest absolute Gasteiger partial charge is 0.135 e. The number of hydrogen-bond acceptors (Lipinski definition) is 2. The van der Waals surface area contributed by atoms with Crippen molar-refractivity contribution in [3.63, 3.8) is 0 Å². The Morgan fingerprint density at radius 1 is 1.64 bits per heavy atom. The molecule has 0 spiro atoms. The fraction of sp³-hybridized carbons (Fsp3) is 0.667. The Morgan fingerprint density at radius 3 is 2.73 bits per heavy atom. The van der Waals surface area contributed by atoms with Gasteiger partial charge in [0.1, 0.15) is 5.78 Å². The Labute approximate surface area is 68.2 Å². The molecular weight excluding hydrogens is 138 g/mol. The molecule has 0 aromatic rings. The molecule has 0 aromatic heterocycles. The molecule has 0 rings (SSSR count). The molecule has 0 aliphatic rings. The van der Waals surface area contributed by atoms with E-state index in [0.717, 1.165) is 0 Å². The van der Waals surface area contributed by atoms with Crippen molar-refractivity contribution in [2.24, 2.45) is 5.73 Å². The first kappa shape index (κ1) is 10.2. The van der Waals surface area contributed by atoms with E-state index in [-0.39, 0.29) is 11.8 Å². The summed E-state index contributed by atoms with van der Waals surface area (Å²) in [6.45, 7) is 3.61. The number of nitrogens with two attached hydrogens (primary N) is 1. The summed E-state index contributed by atoms with van der Waals surface area (Å²) >= 11 is 0. The second kappa shape index (κ2) is 5.94. The molecule has 0 saturated carbocycles. The van der Waals surface area contributed by atoms with E-state index in [9.17, 15) is 4.79 Å². The van der Waals surface area contributed by atoms with Crippen molar-refractivity contribution in [3.05, 3.63) is 0 Å². The Bertz CT molecular complexity index is 174. The van der Waals surface area contributed by atoms with E-state index in [4.69, 9.17) is 5.73 Å². The van der Waals surface area contributed by atoms with Crippen LogP contribution in [0.3, 0.4) is 0 Å². The zero-order valence-electron chi connectivity index (χ0n) is 7.18. The van der Waals surface area contributed by atoms with Crippen LogP contribution in [0.1, 0.15) is 33.1 Å². The normalized spacial score (nSPS) is 11.5. The van der Waals surface area contributed by atoms with Crippen LogP contribution in [0.2, 0.25) is 0 Å². The van der Waals surface area contributed by atoms with Crippen LogP contribution < -0.4 is 5.73 Å². The van der Waals surface area contributed by atoms with Gasteiger partial charge in [0.15, 0.2) is 0 Å². The lowest BCUT2D eigenvalue weighted by atomic mass is 10.1. The molecule has 0 fully saturated rings. The summed E-state index contributed by atoms with van der Waals surface area (Å²) in [5.41, 5.74) is 5.44. The van der Waals surface area contributed by atoms with Crippen LogP contribution in [0.25, 0.3) is 0 Å². The third-order valence-electron chi connectivity index (χ3n) is 1.26. The molecule has 11 heavy (non-hydrogen) atoms. The number of Topliss-reactive ketones (excluding diaryl/α,β-unsaturated/α-hetero) is 1. The quantitative estimate of drug-likeness (QED) is 0.614. The summed E-state index contributed by atoms with van der Waals surface area (Å²) in [7, 11) is 0. The molecule has 2 nitrogen and oxygen atoms in total. The molecule has 0 radical (unpaired) electrons. The highest BCUT2D eigenvalue weighted by Crippen LogP contribution is 1.96. The second-order valence-corrected chi connectivity index (χ2v) is 2.65. The third-order valence-corrected chi connectivity index (χ3v) is 1.26. The van der Waals surface area contributed by atoms with E-state index in [2.05, 4.69) is 11.8 Å². The fourth-order valence-electron chi connectivity index (χ4n) is 0.788. The lowest BCUT2D eigenvalue weighted by molar-refractivity contribution is -0.119. The summed E-state index contributed by atoms with van der Waals surface area (Å²) in [5, 5.41) is 0. The Morgan fingerprint density at radius 2 is 2.27 bits per heavy atom. The number of hydrogen-bond donors (Lipinski definition) is 1. The summed E-state index contributed by atoms with van der Waals surface area (Å²) in [4.78, 5) is 11.0. The topological polar surface area (TPSA) is 43.1 Å². The van der Waals surface area contributed by atoms with Crippen molar-refractivity contribution in [3.8, 4) is 11.8 Å². The van der Waals surface area contributed by atoms with E-state index in [1.807, 2.05) is 6.92 Å². The van der Waals surface area contributed by atoms with Crippen molar-refractivity contribution in [2.45, 2.75) is 39.2 Å². The van der Waals surface area contributed by atoms with Gasteiger partial charge in [0, 0.05) is 25.3 Å². The zero-order valence-corrected chi connectivity index (χ0v) is 7.18. The van der Waals surface area contributed by atoms with Crippen LogP contribution in [0.5, 0.6) is 0 Å². The lowest BCUT2D eigenvalue weighted by Gasteiger charge is -2.00. The minimum atomic E-state index is -0.0166. The van der Waals surface area contributed by atoms with Gasteiger partial charge in [-0.3, -0.25) is 4.79 Å². The lowest BCUT2D eigenvalue weighted by Crippen LogP contribution is -2.19. The summed E-state index contributed by atoms with van der Waals surface area (Å²) in [6, 6.07) is -0.0166. The Hall–Kier alpha value is -0.810. The van der Waals surface area contributed by atoms with E-state index in [1.54, 1.807) is 6.92 Å². The molecule has 0 saturated heterocycles.